The summed E-state index contributed by atoms with van der Waals surface area (Å²) in [5, 5.41) is 7.84. The molecule has 1 aliphatic heterocycles. The molecule has 1 aromatic heterocycles. The maximum absolute atomic E-state index is 12.0. The molecule has 2 aliphatic rings. The maximum Gasteiger partial charge on any atom is 0.309 e. The van der Waals surface area contributed by atoms with E-state index in [-0.39, 0.29) is 6.04 Å². The molecule has 2 heterocycles. The Morgan fingerprint density at radius 3 is 2.52 bits per heavy atom. The van der Waals surface area contributed by atoms with Crippen LogP contribution in [0.3, 0.4) is 0 Å². The van der Waals surface area contributed by atoms with Crippen LogP contribution < -0.4 is 10.6 Å². The van der Waals surface area contributed by atoms with Gasteiger partial charge in [-0.2, -0.15) is 0 Å². The highest BCUT2D eigenvalue weighted by Gasteiger charge is 2.23. The van der Waals surface area contributed by atoms with Crippen LogP contribution in [-0.2, 0) is 16.1 Å². The third-order valence-electron chi connectivity index (χ3n) is 5.36. The molecule has 0 aromatic carbocycles. The smallest absolute Gasteiger partial charge is 0.309 e. The Labute approximate surface area is 154 Å². The average molecular weight is 364 g/mol. The number of thiophene rings is 1. The van der Waals surface area contributed by atoms with Crippen LogP contribution in [0.1, 0.15) is 49.8 Å². The van der Waals surface area contributed by atoms with Gasteiger partial charge in [0.05, 0.1) is 0 Å². The summed E-state index contributed by atoms with van der Waals surface area (Å²) in [6.07, 6.45) is 7.70. The van der Waals surface area contributed by atoms with Gasteiger partial charge in [0.2, 0.25) is 0 Å². The fraction of sp³-hybridized carbons (Fsp3) is 0.684. The summed E-state index contributed by atoms with van der Waals surface area (Å²) in [7, 11) is 0. The number of carbonyl (C=O) groups is 2. The van der Waals surface area contributed by atoms with Crippen LogP contribution in [0.15, 0.2) is 17.5 Å². The van der Waals surface area contributed by atoms with E-state index < -0.39 is 11.8 Å². The van der Waals surface area contributed by atoms with Gasteiger partial charge in [-0.3, -0.25) is 14.5 Å². The number of hydrogen-bond acceptors (Lipinski definition) is 4. The van der Waals surface area contributed by atoms with Gasteiger partial charge < -0.3 is 10.6 Å². The van der Waals surface area contributed by atoms with Crippen LogP contribution in [0.5, 0.6) is 0 Å². The quantitative estimate of drug-likeness (QED) is 0.790. The zero-order valence-electron chi connectivity index (χ0n) is 14.8. The molecule has 5 nitrogen and oxygen atoms in total. The second kappa shape index (κ2) is 9.34. The highest BCUT2D eigenvalue weighted by molar-refractivity contribution is 7.09. The summed E-state index contributed by atoms with van der Waals surface area (Å²) in [5.41, 5.74) is 0. The van der Waals surface area contributed by atoms with Crippen molar-refractivity contribution in [1.29, 1.82) is 0 Å². The standard InChI is InChI=1S/C19H29N3O2S/c23-18(19(24)21-16-5-2-1-3-6-16)20-13-15-8-10-22(11-9-15)14-17-7-4-12-25-17/h4,7,12,15-16H,1-3,5-6,8-11,13-14H2,(H,20,23)(H,21,24). The molecule has 138 valence electrons. The number of carbonyl (C=O) groups excluding carboxylic acids is 2. The Morgan fingerprint density at radius 1 is 1.08 bits per heavy atom. The molecule has 0 atom stereocenters. The minimum absolute atomic E-state index is 0.187. The topological polar surface area (TPSA) is 61.4 Å². The molecule has 6 heteroatoms. The van der Waals surface area contributed by atoms with Crippen LogP contribution in [0.25, 0.3) is 0 Å². The van der Waals surface area contributed by atoms with Crippen molar-refractivity contribution < 1.29 is 9.59 Å². The summed E-state index contributed by atoms with van der Waals surface area (Å²) in [4.78, 5) is 27.9. The second-order valence-electron chi connectivity index (χ2n) is 7.32. The molecule has 0 radical (unpaired) electrons. The van der Waals surface area contributed by atoms with E-state index in [4.69, 9.17) is 0 Å². The first-order chi connectivity index (χ1) is 12.2. The molecule has 1 aromatic rings. The lowest BCUT2D eigenvalue weighted by molar-refractivity contribution is -0.139. The van der Waals surface area contributed by atoms with Crippen LogP contribution in [0, 0.1) is 5.92 Å². The third kappa shape index (κ3) is 5.82. The molecule has 2 N–H and O–H groups in total. The Balaban J connectivity index is 1.32. The number of nitrogens with zero attached hydrogens (tertiary/aromatic N) is 1. The lowest BCUT2D eigenvalue weighted by Crippen LogP contribution is -2.47. The predicted octanol–water partition coefficient (Wildman–Crippen LogP) is 2.53. The van der Waals surface area contributed by atoms with Crippen molar-refractivity contribution in [3.63, 3.8) is 0 Å². The molecule has 1 saturated heterocycles. The summed E-state index contributed by atoms with van der Waals surface area (Å²) < 4.78 is 0. The molecular formula is C19H29N3O2S. The normalized spacial score (nSPS) is 20.3. The molecule has 2 amide bonds. The predicted molar refractivity (Wildman–Crippen MR) is 100 cm³/mol. The summed E-state index contributed by atoms with van der Waals surface area (Å²) in [5.74, 6) is -0.445. The van der Waals surface area contributed by atoms with Crippen LogP contribution in [0.2, 0.25) is 0 Å². The van der Waals surface area contributed by atoms with Gasteiger partial charge in [0, 0.05) is 24.0 Å². The molecule has 2 fully saturated rings. The first-order valence-electron chi connectivity index (χ1n) is 9.54. The SMILES string of the molecule is O=C(NCC1CCN(Cc2cccs2)CC1)C(=O)NC1CCCCC1. The largest absolute Gasteiger partial charge is 0.348 e. The monoisotopic (exact) mass is 363 g/mol. The van der Waals surface area contributed by atoms with E-state index in [1.165, 1.54) is 11.3 Å². The number of hydrogen-bond donors (Lipinski definition) is 2. The lowest BCUT2D eigenvalue weighted by Gasteiger charge is -2.31. The molecule has 0 spiro atoms. The van der Waals surface area contributed by atoms with Gasteiger partial charge in [0.1, 0.15) is 0 Å². The van der Waals surface area contributed by atoms with Crippen LogP contribution >= 0.6 is 11.3 Å². The molecule has 0 bridgehead atoms. The van der Waals surface area contributed by atoms with E-state index >= 15 is 0 Å². The summed E-state index contributed by atoms with van der Waals surface area (Å²) in [6, 6.07) is 4.47. The van der Waals surface area contributed by atoms with Gasteiger partial charge in [-0.15, -0.1) is 11.3 Å². The number of likely N-dealkylation sites (tertiary alicyclic amines) is 1. The molecule has 25 heavy (non-hydrogen) atoms. The van der Waals surface area contributed by atoms with E-state index in [1.54, 1.807) is 11.3 Å². The van der Waals surface area contributed by atoms with E-state index in [1.807, 2.05) is 0 Å². The van der Waals surface area contributed by atoms with Crippen LogP contribution in [-0.4, -0.2) is 42.4 Å². The molecule has 0 unspecified atom stereocenters. The van der Waals surface area contributed by atoms with Crippen molar-refractivity contribution in [2.24, 2.45) is 5.92 Å². The number of rotatable bonds is 5. The minimum Gasteiger partial charge on any atom is -0.348 e. The zero-order valence-corrected chi connectivity index (χ0v) is 15.7. The number of amides is 2. The first kappa shape index (κ1) is 18.4. The number of piperidine rings is 1. The maximum atomic E-state index is 12.0. The van der Waals surface area contributed by atoms with E-state index in [2.05, 4.69) is 33.0 Å². The van der Waals surface area contributed by atoms with Crippen LogP contribution in [0.4, 0.5) is 0 Å². The van der Waals surface area contributed by atoms with E-state index in [9.17, 15) is 9.59 Å². The molecule has 3 rings (SSSR count). The Morgan fingerprint density at radius 2 is 1.84 bits per heavy atom. The van der Waals surface area contributed by atoms with Crippen molar-refractivity contribution in [1.82, 2.24) is 15.5 Å². The van der Waals surface area contributed by atoms with Crippen molar-refractivity contribution in [3.05, 3.63) is 22.4 Å². The van der Waals surface area contributed by atoms with Crippen molar-refractivity contribution in [2.75, 3.05) is 19.6 Å². The molecule has 1 saturated carbocycles. The third-order valence-corrected chi connectivity index (χ3v) is 6.23. The zero-order chi connectivity index (χ0) is 17.5. The second-order valence-corrected chi connectivity index (χ2v) is 8.35. The van der Waals surface area contributed by atoms with Gasteiger partial charge in [0.15, 0.2) is 0 Å². The molecular weight excluding hydrogens is 334 g/mol. The highest BCUT2D eigenvalue weighted by atomic mass is 32.1. The molecule has 1 aliphatic carbocycles. The van der Waals surface area contributed by atoms with Gasteiger partial charge in [-0.05, 0) is 56.1 Å². The summed E-state index contributed by atoms with van der Waals surface area (Å²) in [6.45, 7) is 3.77. The number of nitrogens with one attached hydrogen (secondary N) is 2. The van der Waals surface area contributed by atoms with Crippen molar-refractivity contribution in [2.45, 2.75) is 57.5 Å². The van der Waals surface area contributed by atoms with Gasteiger partial charge in [-0.1, -0.05) is 25.3 Å². The Bertz CT molecular complexity index is 547. The van der Waals surface area contributed by atoms with Gasteiger partial charge >= 0.3 is 11.8 Å². The fourth-order valence-corrected chi connectivity index (χ4v) is 4.53. The van der Waals surface area contributed by atoms with E-state index in [0.717, 1.165) is 58.2 Å². The van der Waals surface area contributed by atoms with Crippen molar-refractivity contribution in [3.8, 4) is 0 Å². The minimum atomic E-state index is -0.466. The summed E-state index contributed by atoms with van der Waals surface area (Å²) >= 11 is 1.81. The lowest BCUT2D eigenvalue weighted by atomic mass is 9.95. The van der Waals surface area contributed by atoms with E-state index in [0.29, 0.717) is 12.5 Å². The average Bonchev–Trinajstić information content (AvgIpc) is 3.14. The van der Waals surface area contributed by atoms with Crippen molar-refractivity contribution >= 4 is 23.2 Å². The first-order valence-corrected chi connectivity index (χ1v) is 10.4. The highest BCUT2D eigenvalue weighted by Crippen LogP contribution is 2.20. The Kier molecular flexibility index (Phi) is 6.87. The van der Waals surface area contributed by atoms with Gasteiger partial charge in [-0.25, -0.2) is 0 Å². The Hall–Kier alpha value is -1.40. The fourth-order valence-electron chi connectivity index (χ4n) is 3.79. The van der Waals surface area contributed by atoms with Gasteiger partial charge in [0.25, 0.3) is 0 Å².